The summed E-state index contributed by atoms with van der Waals surface area (Å²) < 4.78 is 0. The van der Waals surface area contributed by atoms with E-state index in [9.17, 15) is 9.90 Å². The zero-order valence-electron chi connectivity index (χ0n) is 21.8. The molecule has 1 saturated heterocycles. The van der Waals surface area contributed by atoms with E-state index >= 15 is 0 Å². The van der Waals surface area contributed by atoms with E-state index in [2.05, 4.69) is 58.3 Å². The van der Waals surface area contributed by atoms with Crippen LogP contribution in [0.4, 0.5) is 11.4 Å². The van der Waals surface area contributed by atoms with Crippen molar-refractivity contribution < 1.29 is 5.11 Å². The number of pyridine rings is 1. The Balaban J connectivity index is 1.39. The van der Waals surface area contributed by atoms with Crippen LogP contribution in [0.3, 0.4) is 0 Å². The number of H-pyrrole nitrogens is 2. The molecule has 0 saturated carbocycles. The molecule has 194 valence electrons. The lowest BCUT2D eigenvalue weighted by molar-refractivity contribution is 0.214. The lowest BCUT2D eigenvalue weighted by Gasteiger charge is -2.29. The zero-order valence-corrected chi connectivity index (χ0v) is 21.8. The molecule has 2 aromatic heterocycles. The second-order valence-corrected chi connectivity index (χ2v) is 10.4. The first kappa shape index (κ1) is 25.1. The van der Waals surface area contributed by atoms with E-state index in [0.29, 0.717) is 11.4 Å². The molecule has 5 rings (SSSR count). The summed E-state index contributed by atoms with van der Waals surface area (Å²) in [6, 6.07) is 16.5. The number of aryl methyl sites for hydroxylation is 1. The number of fused-ring (bicyclic) bond motifs is 1. The lowest BCUT2D eigenvalue weighted by Crippen LogP contribution is -2.29. The summed E-state index contributed by atoms with van der Waals surface area (Å²) in [7, 11) is 0. The summed E-state index contributed by atoms with van der Waals surface area (Å²) in [5.74, 6) is 0.686. The summed E-state index contributed by atoms with van der Waals surface area (Å²) in [6.45, 7) is 6.45. The predicted octanol–water partition coefficient (Wildman–Crippen LogP) is 5.26. The van der Waals surface area contributed by atoms with E-state index in [1.165, 1.54) is 30.5 Å². The van der Waals surface area contributed by atoms with Crippen LogP contribution in [-0.4, -0.2) is 45.8 Å². The van der Waals surface area contributed by atoms with Crippen molar-refractivity contribution in [2.45, 2.75) is 52.0 Å². The third-order valence-electron chi connectivity index (χ3n) is 7.39. The van der Waals surface area contributed by atoms with E-state index in [1.54, 1.807) is 6.20 Å². The largest absolute Gasteiger partial charge is 0.396 e. The minimum atomic E-state index is -0.187. The van der Waals surface area contributed by atoms with Gasteiger partial charge in [0.1, 0.15) is 11.4 Å². The van der Waals surface area contributed by atoms with Crippen molar-refractivity contribution in [1.29, 1.82) is 0 Å². The molecule has 2 aromatic carbocycles. The van der Waals surface area contributed by atoms with Gasteiger partial charge in [0.25, 0.3) is 5.56 Å². The van der Waals surface area contributed by atoms with Crippen molar-refractivity contribution in [1.82, 2.24) is 15.0 Å². The van der Waals surface area contributed by atoms with Crippen molar-refractivity contribution in [3.05, 3.63) is 76.2 Å². The lowest BCUT2D eigenvalue weighted by atomic mass is 9.93. The van der Waals surface area contributed by atoms with Gasteiger partial charge in [0.05, 0.1) is 16.7 Å². The van der Waals surface area contributed by atoms with Crippen molar-refractivity contribution >= 4 is 22.4 Å². The van der Waals surface area contributed by atoms with Crippen molar-refractivity contribution in [2.24, 2.45) is 5.92 Å². The Morgan fingerprint density at radius 3 is 2.65 bits per heavy atom. The van der Waals surface area contributed by atoms with Crippen LogP contribution in [0.25, 0.3) is 22.4 Å². The molecule has 7 nitrogen and oxygen atoms in total. The van der Waals surface area contributed by atoms with Gasteiger partial charge in [-0.2, -0.15) is 0 Å². The average molecular weight is 500 g/mol. The average Bonchev–Trinajstić information content (AvgIpc) is 3.34. The van der Waals surface area contributed by atoms with Gasteiger partial charge in [-0.05, 0) is 81.2 Å². The smallest absolute Gasteiger partial charge is 0.261 e. The second-order valence-electron chi connectivity index (χ2n) is 10.4. The van der Waals surface area contributed by atoms with Crippen LogP contribution in [0.15, 0.2) is 59.5 Å². The van der Waals surface area contributed by atoms with Crippen molar-refractivity contribution in [2.75, 3.05) is 29.9 Å². The van der Waals surface area contributed by atoms with E-state index in [4.69, 9.17) is 4.98 Å². The minimum absolute atomic E-state index is 0.0539. The molecular formula is C30H37N5O2. The SMILES string of the molecule is Cc1cc(N2CCCCC2)cc2[nH]c(-c3c(NC(C)CC(CO)Cc4ccccc4)cc[nH]c3=O)nc12. The molecule has 7 heteroatoms. The summed E-state index contributed by atoms with van der Waals surface area (Å²) in [5.41, 5.74) is 6.42. The molecular weight excluding hydrogens is 462 g/mol. The number of aromatic amines is 2. The number of aromatic nitrogens is 3. The van der Waals surface area contributed by atoms with E-state index in [1.807, 2.05) is 24.3 Å². The quantitative estimate of drug-likeness (QED) is 0.252. The number of aliphatic hydroxyl groups excluding tert-OH is 1. The van der Waals surface area contributed by atoms with Crippen molar-refractivity contribution in [3.8, 4) is 11.4 Å². The predicted molar refractivity (Wildman–Crippen MR) is 151 cm³/mol. The standard InChI is InChI=1S/C30H37N5O2/c1-20-15-24(35-13-7-4-8-14-35)18-26-28(20)34-29(33-26)27-25(11-12-31-30(27)37)32-21(2)16-23(19-36)17-22-9-5-3-6-10-22/h3,5-6,9-12,15,18,21,23,36H,4,7-8,13-14,16-17,19H2,1-2H3,(H,33,34)(H2,31,32,37). The number of benzene rings is 2. The molecule has 0 bridgehead atoms. The van der Waals surface area contributed by atoms with E-state index in [0.717, 1.165) is 48.2 Å². The molecule has 0 spiro atoms. The second kappa shape index (κ2) is 11.2. The fourth-order valence-corrected chi connectivity index (χ4v) is 5.55. The number of imidazole rings is 1. The monoisotopic (exact) mass is 499 g/mol. The molecule has 0 aliphatic carbocycles. The highest BCUT2D eigenvalue weighted by Gasteiger charge is 2.20. The van der Waals surface area contributed by atoms with Crippen LogP contribution in [0.1, 0.15) is 43.7 Å². The van der Waals surface area contributed by atoms with Gasteiger partial charge in [-0.25, -0.2) is 4.98 Å². The van der Waals surface area contributed by atoms with Crippen molar-refractivity contribution in [3.63, 3.8) is 0 Å². The first-order valence-corrected chi connectivity index (χ1v) is 13.4. The zero-order chi connectivity index (χ0) is 25.8. The Labute approximate surface area is 218 Å². The van der Waals surface area contributed by atoms with Gasteiger partial charge in [-0.1, -0.05) is 30.3 Å². The summed E-state index contributed by atoms with van der Waals surface area (Å²) in [4.78, 5) is 26.6. The first-order chi connectivity index (χ1) is 18.0. The molecule has 4 aromatic rings. The maximum Gasteiger partial charge on any atom is 0.261 e. The molecule has 1 aliphatic rings. The van der Waals surface area contributed by atoms with Crippen LogP contribution >= 0.6 is 0 Å². The maximum atomic E-state index is 13.0. The number of rotatable bonds is 9. The highest BCUT2D eigenvalue weighted by molar-refractivity contribution is 5.87. The fraction of sp³-hybridized carbons (Fsp3) is 0.400. The Kier molecular flexibility index (Phi) is 7.60. The molecule has 1 fully saturated rings. The number of hydrogen-bond acceptors (Lipinski definition) is 5. The van der Waals surface area contributed by atoms with E-state index in [-0.39, 0.29) is 24.1 Å². The van der Waals surface area contributed by atoms with Crippen LogP contribution in [-0.2, 0) is 6.42 Å². The first-order valence-electron chi connectivity index (χ1n) is 13.4. The third-order valence-corrected chi connectivity index (χ3v) is 7.39. The van der Waals surface area contributed by atoms with Crippen LogP contribution in [0.2, 0.25) is 0 Å². The molecule has 37 heavy (non-hydrogen) atoms. The van der Waals surface area contributed by atoms with Crippen LogP contribution in [0.5, 0.6) is 0 Å². The van der Waals surface area contributed by atoms with Gasteiger partial charge in [0.2, 0.25) is 0 Å². The highest BCUT2D eigenvalue weighted by Crippen LogP contribution is 2.30. The number of nitrogens with zero attached hydrogens (tertiary/aromatic N) is 2. The Morgan fingerprint density at radius 1 is 1.11 bits per heavy atom. The summed E-state index contributed by atoms with van der Waals surface area (Å²) in [5, 5.41) is 13.5. The Bertz CT molecular complexity index is 1390. The third kappa shape index (κ3) is 5.72. The van der Waals surface area contributed by atoms with Crippen LogP contribution < -0.4 is 15.8 Å². The number of anilines is 2. The van der Waals surface area contributed by atoms with Gasteiger partial charge >= 0.3 is 0 Å². The van der Waals surface area contributed by atoms with Gasteiger partial charge in [0, 0.05) is 37.6 Å². The number of piperidine rings is 1. The molecule has 0 amide bonds. The molecule has 1 aliphatic heterocycles. The highest BCUT2D eigenvalue weighted by atomic mass is 16.3. The Morgan fingerprint density at radius 2 is 1.89 bits per heavy atom. The van der Waals surface area contributed by atoms with E-state index < -0.39 is 0 Å². The van der Waals surface area contributed by atoms with Gasteiger partial charge in [0.15, 0.2) is 0 Å². The molecule has 2 unspecified atom stereocenters. The topological polar surface area (TPSA) is 97.0 Å². The fourth-order valence-electron chi connectivity index (χ4n) is 5.55. The van der Waals surface area contributed by atoms with Gasteiger partial charge in [-0.3, -0.25) is 4.79 Å². The number of aliphatic hydroxyl groups is 1. The molecule has 2 atom stereocenters. The number of nitrogens with one attached hydrogen (secondary N) is 3. The Hall–Kier alpha value is -3.58. The molecule has 4 N–H and O–H groups in total. The summed E-state index contributed by atoms with van der Waals surface area (Å²) >= 11 is 0. The minimum Gasteiger partial charge on any atom is -0.396 e. The number of hydrogen-bond donors (Lipinski definition) is 4. The van der Waals surface area contributed by atoms with Crippen LogP contribution in [0, 0.1) is 12.8 Å². The summed E-state index contributed by atoms with van der Waals surface area (Å²) in [6.07, 6.45) is 6.99. The molecule has 3 heterocycles. The normalized spacial score (nSPS) is 15.6. The molecule has 0 radical (unpaired) electrons. The van der Waals surface area contributed by atoms with Gasteiger partial charge in [-0.15, -0.1) is 0 Å². The maximum absolute atomic E-state index is 13.0. The van der Waals surface area contributed by atoms with Gasteiger partial charge < -0.3 is 25.3 Å².